The SMILES string of the molecule is Cc1ccc(C(=O)CCC(=O)N2CCC(NC(=O)c3cc(C)on3)CC2)cc1. The lowest BCUT2D eigenvalue weighted by Crippen LogP contribution is -2.46. The van der Waals surface area contributed by atoms with Gasteiger partial charge in [0.25, 0.3) is 5.91 Å². The summed E-state index contributed by atoms with van der Waals surface area (Å²) in [7, 11) is 0. The quantitative estimate of drug-likeness (QED) is 0.774. The van der Waals surface area contributed by atoms with Crippen molar-refractivity contribution in [2.45, 2.75) is 45.6 Å². The van der Waals surface area contributed by atoms with Crippen molar-refractivity contribution in [3.8, 4) is 0 Å². The number of rotatable bonds is 6. The molecule has 1 aliphatic heterocycles. The number of carbonyl (C=O) groups excluding carboxylic acids is 3. The molecule has 28 heavy (non-hydrogen) atoms. The number of hydrogen-bond acceptors (Lipinski definition) is 5. The molecule has 1 saturated heterocycles. The third-order valence-electron chi connectivity index (χ3n) is 4.98. The van der Waals surface area contributed by atoms with Gasteiger partial charge in [-0.3, -0.25) is 14.4 Å². The van der Waals surface area contributed by atoms with Gasteiger partial charge in [-0.05, 0) is 26.7 Å². The van der Waals surface area contributed by atoms with Gasteiger partial charge in [0.05, 0.1) is 0 Å². The van der Waals surface area contributed by atoms with E-state index in [2.05, 4.69) is 10.5 Å². The molecule has 1 aromatic carbocycles. The van der Waals surface area contributed by atoms with Crippen molar-refractivity contribution in [1.29, 1.82) is 0 Å². The van der Waals surface area contributed by atoms with Crippen molar-refractivity contribution in [2.75, 3.05) is 13.1 Å². The number of amides is 2. The zero-order valence-electron chi connectivity index (χ0n) is 16.2. The van der Waals surface area contributed by atoms with E-state index in [-0.39, 0.29) is 42.2 Å². The van der Waals surface area contributed by atoms with Crippen LogP contribution in [0.25, 0.3) is 0 Å². The Balaban J connectivity index is 1.41. The molecule has 0 atom stereocenters. The molecular weight excluding hydrogens is 358 g/mol. The molecule has 1 aliphatic rings. The highest BCUT2D eigenvalue weighted by atomic mass is 16.5. The van der Waals surface area contributed by atoms with Gasteiger partial charge in [0.1, 0.15) is 5.76 Å². The second-order valence-corrected chi connectivity index (χ2v) is 7.24. The Morgan fingerprint density at radius 1 is 1.11 bits per heavy atom. The summed E-state index contributed by atoms with van der Waals surface area (Å²) in [6, 6.07) is 8.99. The number of nitrogens with zero attached hydrogens (tertiary/aromatic N) is 2. The predicted molar refractivity (Wildman–Crippen MR) is 103 cm³/mol. The minimum absolute atomic E-state index is 0.00254. The summed E-state index contributed by atoms with van der Waals surface area (Å²) in [5, 5.41) is 6.64. The van der Waals surface area contributed by atoms with E-state index in [4.69, 9.17) is 4.52 Å². The molecule has 3 rings (SSSR count). The predicted octanol–water partition coefficient (Wildman–Crippen LogP) is 2.68. The Morgan fingerprint density at radius 3 is 2.39 bits per heavy atom. The fourth-order valence-corrected chi connectivity index (χ4v) is 3.27. The fraction of sp³-hybridized carbons (Fsp3) is 0.429. The number of carbonyl (C=O) groups is 3. The van der Waals surface area contributed by atoms with Crippen molar-refractivity contribution in [2.24, 2.45) is 0 Å². The standard InChI is InChI=1S/C21H25N3O4/c1-14-3-5-16(6-4-14)19(25)7-8-20(26)24-11-9-17(10-12-24)22-21(27)18-13-15(2)28-23-18/h3-6,13,17H,7-12H2,1-2H3,(H,22,27). The number of aryl methyl sites for hydroxylation is 2. The molecule has 0 bridgehead atoms. The highest BCUT2D eigenvalue weighted by Crippen LogP contribution is 2.14. The number of Topliss-reactive ketones (excluding diaryl/α,β-unsaturated/α-hetero) is 1. The van der Waals surface area contributed by atoms with E-state index in [9.17, 15) is 14.4 Å². The molecule has 7 nitrogen and oxygen atoms in total. The van der Waals surface area contributed by atoms with Crippen LogP contribution >= 0.6 is 0 Å². The van der Waals surface area contributed by atoms with Crippen molar-refractivity contribution in [3.63, 3.8) is 0 Å². The lowest BCUT2D eigenvalue weighted by Gasteiger charge is -2.32. The molecule has 1 fully saturated rings. The number of likely N-dealkylation sites (tertiary alicyclic amines) is 1. The maximum atomic E-state index is 12.4. The van der Waals surface area contributed by atoms with Gasteiger partial charge in [-0.2, -0.15) is 0 Å². The Labute approximate surface area is 164 Å². The molecule has 2 amide bonds. The van der Waals surface area contributed by atoms with Crippen molar-refractivity contribution in [1.82, 2.24) is 15.4 Å². The molecule has 148 valence electrons. The molecular formula is C21H25N3O4. The average molecular weight is 383 g/mol. The van der Waals surface area contributed by atoms with E-state index in [1.54, 1.807) is 30.0 Å². The van der Waals surface area contributed by atoms with Crippen LogP contribution < -0.4 is 5.32 Å². The molecule has 2 heterocycles. The largest absolute Gasteiger partial charge is 0.361 e. The Morgan fingerprint density at radius 2 is 1.79 bits per heavy atom. The van der Waals surface area contributed by atoms with Gasteiger partial charge in [0.15, 0.2) is 11.5 Å². The van der Waals surface area contributed by atoms with Gasteiger partial charge < -0.3 is 14.7 Å². The van der Waals surface area contributed by atoms with E-state index in [0.717, 1.165) is 5.56 Å². The minimum atomic E-state index is -0.259. The summed E-state index contributed by atoms with van der Waals surface area (Å²) >= 11 is 0. The second-order valence-electron chi connectivity index (χ2n) is 7.24. The number of benzene rings is 1. The fourth-order valence-electron chi connectivity index (χ4n) is 3.27. The van der Waals surface area contributed by atoms with Gasteiger partial charge in [-0.25, -0.2) is 0 Å². The van der Waals surface area contributed by atoms with Crippen LogP contribution in [0, 0.1) is 13.8 Å². The highest BCUT2D eigenvalue weighted by molar-refractivity contribution is 5.98. The van der Waals surface area contributed by atoms with Crippen LogP contribution in [0.2, 0.25) is 0 Å². The first-order valence-corrected chi connectivity index (χ1v) is 9.54. The maximum Gasteiger partial charge on any atom is 0.273 e. The van der Waals surface area contributed by atoms with Crippen LogP contribution in [-0.2, 0) is 4.79 Å². The third-order valence-corrected chi connectivity index (χ3v) is 4.98. The van der Waals surface area contributed by atoms with Crippen LogP contribution in [0.4, 0.5) is 0 Å². The second kappa shape index (κ2) is 8.82. The molecule has 1 aromatic heterocycles. The Bertz CT molecular complexity index is 849. The van der Waals surface area contributed by atoms with Crippen LogP contribution in [-0.4, -0.2) is 46.8 Å². The Hall–Kier alpha value is -2.96. The summed E-state index contributed by atoms with van der Waals surface area (Å²) in [5.74, 6) is 0.298. The molecule has 0 aliphatic carbocycles. The van der Waals surface area contributed by atoms with Crippen LogP contribution in [0.1, 0.15) is 57.9 Å². The van der Waals surface area contributed by atoms with Crippen molar-refractivity contribution in [3.05, 3.63) is 52.9 Å². The summed E-state index contributed by atoms with van der Waals surface area (Å²) in [6.07, 6.45) is 1.78. The zero-order chi connectivity index (χ0) is 20.1. The summed E-state index contributed by atoms with van der Waals surface area (Å²) in [4.78, 5) is 38.5. The van der Waals surface area contributed by atoms with Gasteiger partial charge in [-0.1, -0.05) is 35.0 Å². The minimum Gasteiger partial charge on any atom is -0.361 e. The van der Waals surface area contributed by atoms with Gasteiger partial charge in [-0.15, -0.1) is 0 Å². The van der Waals surface area contributed by atoms with E-state index in [0.29, 0.717) is 37.3 Å². The van der Waals surface area contributed by atoms with Gasteiger partial charge >= 0.3 is 0 Å². The zero-order valence-corrected chi connectivity index (χ0v) is 16.2. The number of aromatic nitrogens is 1. The molecule has 0 unspecified atom stereocenters. The monoisotopic (exact) mass is 383 g/mol. The first kappa shape index (κ1) is 19.8. The van der Waals surface area contributed by atoms with E-state index >= 15 is 0 Å². The van der Waals surface area contributed by atoms with E-state index in [1.165, 1.54) is 0 Å². The van der Waals surface area contributed by atoms with Crippen molar-refractivity contribution < 1.29 is 18.9 Å². The maximum absolute atomic E-state index is 12.4. The normalized spacial score (nSPS) is 14.7. The van der Waals surface area contributed by atoms with Crippen LogP contribution in [0.5, 0.6) is 0 Å². The van der Waals surface area contributed by atoms with Gasteiger partial charge in [0.2, 0.25) is 5.91 Å². The lowest BCUT2D eigenvalue weighted by molar-refractivity contribution is -0.132. The van der Waals surface area contributed by atoms with Gasteiger partial charge in [0, 0.05) is 43.6 Å². The molecule has 7 heteroatoms. The molecule has 1 N–H and O–H groups in total. The van der Waals surface area contributed by atoms with Crippen LogP contribution in [0.3, 0.4) is 0 Å². The Kier molecular flexibility index (Phi) is 6.23. The number of piperidine rings is 1. The van der Waals surface area contributed by atoms with E-state index < -0.39 is 0 Å². The number of ketones is 1. The topological polar surface area (TPSA) is 92.5 Å². The molecule has 0 radical (unpaired) electrons. The molecule has 0 spiro atoms. The first-order valence-electron chi connectivity index (χ1n) is 9.54. The number of nitrogens with one attached hydrogen (secondary N) is 1. The first-order chi connectivity index (χ1) is 13.4. The molecule has 0 saturated carbocycles. The summed E-state index contributed by atoms with van der Waals surface area (Å²) in [5.41, 5.74) is 2.01. The third kappa shape index (κ3) is 5.06. The summed E-state index contributed by atoms with van der Waals surface area (Å²) in [6.45, 7) is 4.84. The lowest BCUT2D eigenvalue weighted by atomic mass is 10.0. The van der Waals surface area contributed by atoms with Crippen LogP contribution in [0.15, 0.2) is 34.9 Å². The number of hydrogen-bond donors (Lipinski definition) is 1. The summed E-state index contributed by atoms with van der Waals surface area (Å²) < 4.78 is 4.92. The van der Waals surface area contributed by atoms with Crippen molar-refractivity contribution >= 4 is 17.6 Å². The highest BCUT2D eigenvalue weighted by Gasteiger charge is 2.25. The molecule has 2 aromatic rings. The smallest absolute Gasteiger partial charge is 0.273 e. The van der Waals surface area contributed by atoms with E-state index in [1.807, 2.05) is 19.1 Å². The average Bonchev–Trinajstić information content (AvgIpc) is 3.13.